The molecule has 1 saturated heterocycles. The van der Waals surface area contributed by atoms with Gasteiger partial charge in [-0.3, -0.25) is 0 Å². The van der Waals surface area contributed by atoms with Crippen LogP contribution >= 0.6 is 0 Å². The van der Waals surface area contributed by atoms with Gasteiger partial charge >= 0.3 is 5.97 Å². The Morgan fingerprint density at radius 3 is 2.86 bits per heavy atom. The van der Waals surface area contributed by atoms with Gasteiger partial charge < -0.3 is 9.47 Å². The Balaban J connectivity index is 2.94. The standard InChI is InChI=1S/C11H16O3/c1-8(2)11(3)7-14-6-9(11)5-10(12)13-4/h5H,1,6-7H2,2-4H3/b9-5+. The quantitative estimate of drug-likeness (QED) is 0.383. The molecule has 0 aromatic carbocycles. The highest BCUT2D eigenvalue weighted by atomic mass is 16.5. The molecule has 1 aliphatic rings. The molecule has 0 bridgehead atoms. The maximum Gasteiger partial charge on any atom is 0.330 e. The van der Waals surface area contributed by atoms with Crippen LogP contribution in [-0.4, -0.2) is 26.3 Å². The second-order valence-electron chi connectivity index (χ2n) is 3.80. The molecule has 3 heteroatoms. The number of rotatable bonds is 2. The topological polar surface area (TPSA) is 35.5 Å². The van der Waals surface area contributed by atoms with Gasteiger partial charge in [-0.1, -0.05) is 12.2 Å². The lowest BCUT2D eigenvalue weighted by Gasteiger charge is -2.24. The smallest absolute Gasteiger partial charge is 0.330 e. The molecule has 1 heterocycles. The fraction of sp³-hybridized carbons (Fsp3) is 0.545. The minimum absolute atomic E-state index is 0.214. The van der Waals surface area contributed by atoms with Gasteiger partial charge in [0.1, 0.15) is 0 Å². The first-order chi connectivity index (χ1) is 6.50. The average Bonchev–Trinajstić information content (AvgIpc) is 2.49. The van der Waals surface area contributed by atoms with Crippen molar-refractivity contribution in [2.75, 3.05) is 20.3 Å². The van der Waals surface area contributed by atoms with Crippen molar-refractivity contribution in [3.63, 3.8) is 0 Å². The number of esters is 1. The molecule has 0 saturated carbocycles. The van der Waals surface area contributed by atoms with Gasteiger partial charge in [0.25, 0.3) is 0 Å². The molecule has 0 aliphatic carbocycles. The zero-order valence-electron chi connectivity index (χ0n) is 8.92. The third kappa shape index (κ3) is 1.87. The number of hydrogen-bond acceptors (Lipinski definition) is 3. The Kier molecular flexibility index (Phi) is 3.11. The summed E-state index contributed by atoms with van der Waals surface area (Å²) < 4.78 is 9.93. The molecule has 3 nitrogen and oxygen atoms in total. The first-order valence-electron chi connectivity index (χ1n) is 4.53. The number of ether oxygens (including phenoxy) is 2. The van der Waals surface area contributed by atoms with Crippen LogP contribution in [0.1, 0.15) is 13.8 Å². The highest BCUT2D eigenvalue weighted by Gasteiger charge is 2.36. The van der Waals surface area contributed by atoms with E-state index in [1.807, 2.05) is 13.8 Å². The summed E-state index contributed by atoms with van der Waals surface area (Å²) >= 11 is 0. The van der Waals surface area contributed by atoms with Crippen LogP contribution in [0.5, 0.6) is 0 Å². The molecule has 0 N–H and O–H groups in total. The molecule has 78 valence electrons. The lowest BCUT2D eigenvalue weighted by Crippen LogP contribution is -2.20. The van der Waals surface area contributed by atoms with E-state index in [2.05, 4.69) is 11.3 Å². The van der Waals surface area contributed by atoms with E-state index in [0.29, 0.717) is 13.2 Å². The van der Waals surface area contributed by atoms with Gasteiger partial charge in [-0.15, -0.1) is 0 Å². The molecule has 1 fully saturated rings. The second-order valence-corrected chi connectivity index (χ2v) is 3.80. The molecule has 0 spiro atoms. The number of hydrogen-bond donors (Lipinski definition) is 0. The van der Waals surface area contributed by atoms with E-state index in [4.69, 9.17) is 4.74 Å². The van der Waals surface area contributed by atoms with Crippen LogP contribution in [0, 0.1) is 5.41 Å². The van der Waals surface area contributed by atoms with Crippen molar-refractivity contribution < 1.29 is 14.3 Å². The van der Waals surface area contributed by atoms with Gasteiger partial charge in [-0.2, -0.15) is 0 Å². The minimum Gasteiger partial charge on any atom is -0.466 e. The van der Waals surface area contributed by atoms with E-state index >= 15 is 0 Å². The third-order valence-electron chi connectivity index (χ3n) is 2.79. The molecule has 14 heavy (non-hydrogen) atoms. The first-order valence-corrected chi connectivity index (χ1v) is 4.53. The zero-order chi connectivity index (χ0) is 10.8. The van der Waals surface area contributed by atoms with E-state index in [1.54, 1.807) is 0 Å². The van der Waals surface area contributed by atoms with Crippen molar-refractivity contribution in [2.24, 2.45) is 5.41 Å². The predicted octanol–water partition coefficient (Wildman–Crippen LogP) is 1.70. The summed E-state index contributed by atoms with van der Waals surface area (Å²) in [5.41, 5.74) is 1.73. The van der Waals surface area contributed by atoms with Crippen LogP contribution in [0.4, 0.5) is 0 Å². The fourth-order valence-electron chi connectivity index (χ4n) is 1.42. The number of carbonyl (C=O) groups is 1. The van der Waals surface area contributed by atoms with Crippen LogP contribution in [0.15, 0.2) is 23.8 Å². The van der Waals surface area contributed by atoms with Crippen molar-refractivity contribution in [1.29, 1.82) is 0 Å². The van der Waals surface area contributed by atoms with Crippen molar-refractivity contribution in [3.8, 4) is 0 Å². The molecular weight excluding hydrogens is 180 g/mol. The largest absolute Gasteiger partial charge is 0.466 e. The average molecular weight is 196 g/mol. The molecule has 0 aromatic heterocycles. The van der Waals surface area contributed by atoms with E-state index in [1.165, 1.54) is 13.2 Å². The van der Waals surface area contributed by atoms with Crippen molar-refractivity contribution in [1.82, 2.24) is 0 Å². The summed E-state index contributed by atoms with van der Waals surface area (Å²) in [6.07, 6.45) is 1.50. The Bertz CT molecular complexity index is 291. The van der Waals surface area contributed by atoms with E-state index in [-0.39, 0.29) is 11.4 Å². The Morgan fingerprint density at radius 2 is 2.36 bits per heavy atom. The monoisotopic (exact) mass is 196 g/mol. The summed E-state index contributed by atoms with van der Waals surface area (Å²) in [6, 6.07) is 0. The summed E-state index contributed by atoms with van der Waals surface area (Å²) in [5, 5.41) is 0. The lowest BCUT2D eigenvalue weighted by molar-refractivity contribution is -0.134. The van der Waals surface area contributed by atoms with E-state index in [0.717, 1.165) is 11.1 Å². The second kappa shape index (κ2) is 3.96. The number of methoxy groups -OCH3 is 1. The molecule has 1 aliphatic heterocycles. The van der Waals surface area contributed by atoms with Gasteiger partial charge in [-0.05, 0) is 19.4 Å². The van der Waals surface area contributed by atoms with Crippen molar-refractivity contribution in [2.45, 2.75) is 13.8 Å². The first kappa shape index (κ1) is 11.0. The Labute approximate surface area is 84.4 Å². The molecule has 1 atom stereocenters. The normalized spacial score (nSPS) is 29.2. The van der Waals surface area contributed by atoms with Crippen molar-refractivity contribution in [3.05, 3.63) is 23.8 Å². The molecular formula is C11H16O3. The highest BCUT2D eigenvalue weighted by molar-refractivity contribution is 5.83. The van der Waals surface area contributed by atoms with Gasteiger partial charge in [0.05, 0.1) is 20.3 Å². The van der Waals surface area contributed by atoms with E-state index < -0.39 is 0 Å². The van der Waals surface area contributed by atoms with Crippen LogP contribution in [0.25, 0.3) is 0 Å². The van der Waals surface area contributed by atoms with Gasteiger partial charge in [-0.25, -0.2) is 4.79 Å². The van der Waals surface area contributed by atoms with Gasteiger partial charge in [0.2, 0.25) is 0 Å². The SMILES string of the molecule is C=C(C)C1(C)COC/C1=C\C(=O)OC. The fourth-order valence-corrected chi connectivity index (χ4v) is 1.42. The maximum atomic E-state index is 11.1. The third-order valence-corrected chi connectivity index (χ3v) is 2.79. The molecule has 0 radical (unpaired) electrons. The molecule has 0 aromatic rings. The predicted molar refractivity (Wildman–Crippen MR) is 53.8 cm³/mol. The summed E-state index contributed by atoms with van der Waals surface area (Å²) in [7, 11) is 1.37. The minimum atomic E-state index is -0.335. The number of carbonyl (C=O) groups excluding carboxylic acids is 1. The summed E-state index contributed by atoms with van der Waals surface area (Å²) in [4.78, 5) is 11.1. The maximum absolute atomic E-state index is 11.1. The van der Waals surface area contributed by atoms with Crippen molar-refractivity contribution >= 4 is 5.97 Å². The lowest BCUT2D eigenvalue weighted by atomic mass is 9.79. The van der Waals surface area contributed by atoms with E-state index in [9.17, 15) is 4.79 Å². The van der Waals surface area contributed by atoms with Gasteiger partial charge in [0, 0.05) is 11.5 Å². The van der Waals surface area contributed by atoms with Crippen LogP contribution in [0.3, 0.4) is 0 Å². The zero-order valence-corrected chi connectivity index (χ0v) is 8.92. The molecule has 0 amide bonds. The Hall–Kier alpha value is -1.09. The summed E-state index contributed by atoms with van der Waals surface area (Å²) in [5.74, 6) is -0.335. The van der Waals surface area contributed by atoms with Gasteiger partial charge in [0.15, 0.2) is 0 Å². The van der Waals surface area contributed by atoms with Crippen LogP contribution in [0.2, 0.25) is 0 Å². The Morgan fingerprint density at radius 1 is 1.71 bits per heavy atom. The van der Waals surface area contributed by atoms with Crippen LogP contribution in [-0.2, 0) is 14.3 Å². The van der Waals surface area contributed by atoms with Crippen LogP contribution < -0.4 is 0 Å². The summed E-state index contributed by atoms with van der Waals surface area (Å²) in [6.45, 7) is 8.96. The molecule has 1 rings (SSSR count). The highest BCUT2D eigenvalue weighted by Crippen LogP contribution is 2.39. The molecule has 1 unspecified atom stereocenters.